The van der Waals surface area contributed by atoms with Gasteiger partial charge in [0.2, 0.25) is 0 Å². The smallest absolute Gasteiger partial charge is 0.314 e. The molecule has 1 saturated carbocycles. The number of nitrogens with two attached hydrogens (primary N) is 1. The molecule has 2 fully saturated rings. The van der Waals surface area contributed by atoms with Crippen LogP contribution in [0.25, 0.3) is 0 Å². The number of rotatable bonds is 6. The first kappa shape index (κ1) is 17.1. The lowest BCUT2D eigenvalue weighted by atomic mass is 9.87. The largest absolute Gasteiger partial charge is 0.481 e. The SMILES string of the molecule is NC(=O)N1CC(CCC(=O)O)CC(NCC2CCCCC2)C1. The molecule has 2 unspecified atom stereocenters. The monoisotopic (exact) mass is 311 g/mol. The van der Waals surface area contributed by atoms with Crippen LogP contribution in [0.4, 0.5) is 4.79 Å². The Kier molecular flexibility index (Phi) is 6.49. The number of carbonyl (C=O) groups excluding carboxylic acids is 1. The van der Waals surface area contributed by atoms with E-state index < -0.39 is 12.0 Å². The number of hydrogen-bond donors (Lipinski definition) is 3. The maximum Gasteiger partial charge on any atom is 0.314 e. The van der Waals surface area contributed by atoms with Crippen molar-refractivity contribution in [2.75, 3.05) is 19.6 Å². The van der Waals surface area contributed by atoms with E-state index >= 15 is 0 Å². The highest BCUT2D eigenvalue weighted by Crippen LogP contribution is 2.25. The molecular formula is C16H29N3O3. The lowest BCUT2D eigenvalue weighted by Gasteiger charge is -2.38. The molecule has 6 nitrogen and oxygen atoms in total. The molecule has 6 heteroatoms. The second-order valence-corrected chi connectivity index (χ2v) is 6.89. The predicted octanol–water partition coefficient (Wildman–Crippen LogP) is 1.79. The van der Waals surface area contributed by atoms with Crippen molar-refractivity contribution in [1.82, 2.24) is 10.2 Å². The topological polar surface area (TPSA) is 95.7 Å². The van der Waals surface area contributed by atoms with Gasteiger partial charge in [0.05, 0.1) is 0 Å². The normalized spacial score (nSPS) is 26.8. The molecule has 0 aromatic carbocycles. The Morgan fingerprint density at radius 2 is 1.86 bits per heavy atom. The van der Waals surface area contributed by atoms with E-state index in [2.05, 4.69) is 5.32 Å². The van der Waals surface area contributed by atoms with E-state index in [1.165, 1.54) is 32.1 Å². The third-order valence-corrected chi connectivity index (χ3v) is 5.04. The van der Waals surface area contributed by atoms with Crippen molar-refractivity contribution in [3.63, 3.8) is 0 Å². The zero-order valence-electron chi connectivity index (χ0n) is 13.3. The highest BCUT2D eigenvalue weighted by molar-refractivity contribution is 5.72. The van der Waals surface area contributed by atoms with Gasteiger partial charge < -0.3 is 21.1 Å². The van der Waals surface area contributed by atoms with Gasteiger partial charge in [-0.25, -0.2) is 4.79 Å². The van der Waals surface area contributed by atoms with Crippen LogP contribution in [-0.4, -0.2) is 47.7 Å². The number of amides is 2. The molecular weight excluding hydrogens is 282 g/mol. The van der Waals surface area contributed by atoms with E-state index in [1.807, 2.05) is 0 Å². The van der Waals surface area contributed by atoms with Crippen LogP contribution in [0.1, 0.15) is 51.4 Å². The molecule has 0 spiro atoms. The second kappa shape index (κ2) is 8.36. The number of primary amides is 1. The van der Waals surface area contributed by atoms with Gasteiger partial charge in [-0.2, -0.15) is 0 Å². The maximum absolute atomic E-state index is 11.5. The highest BCUT2D eigenvalue weighted by atomic mass is 16.4. The van der Waals surface area contributed by atoms with Crippen molar-refractivity contribution in [3.8, 4) is 0 Å². The summed E-state index contributed by atoms with van der Waals surface area (Å²) in [6, 6.07) is -0.161. The molecule has 0 aromatic heterocycles. The van der Waals surface area contributed by atoms with Crippen LogP contribution in [0.5, 0.6) is 0 Å². The summed E-state index contributed by atoms with van der Waals surface area (Å²) < 4.78 is 0. The third kappa shape index (κ3) is 5.48. The highest BCUT2D eigenvalue weighted by Gasteiger charge is 2.29. The molecule has 2 rings (SSSR count). The van der Waals surface area contributed by atoms with Crippen LogP contribution < -0.4 is 11.1 Å². The number of carboxylic acids is 1. The number of carboxylic acid groups (broad SMARTS) is 1. The number of piperidine rings is 1. The van der Waals surface area contributed by atoms with Crippen LogP contribution in [0.2, 0.25) is 0 Å². The average Bonchev–Trinajstić information content (AvgIpc) is 2.52. The van der Waals surface area contributed by atoms with E-state index in [-0.39, 0.29) is 18.4 Å². The molecule has 1 saturated heterocycles. The van der Waals surface area contributed by atoms with Crippen molar-refractivity contribution in [2.24, 2.45) is 17.6 Å². The molecule has 0 radical (unpaired) electrons. The zero-order valence-corrected chi connectivity index (χ0v) is 13.3. The van der Waals surface area contributed by atoms with Gasteiger partial charge in [0.25, 0.3) is 0 Å². The average molecular weight is 311 g/mol. The van der Waals surface area contributed by atoms with Gasteiger partial charge in [-0.1, -0.05) is 19.3 Å². The third-order valence-electron chi connectivity index (χ3n) is 5.04. The van der Waals surface area contributed by atoms with E-state index in [4.69, 9.17) is 10.8 Å². The first-order valence-electron chi connectivity index (χ1n) is 8.54. The van der Waals surface area contributed by atoms with Crippen LogP contribution >= 0.6 is 0 Å². The van der Waals surface area contributed by atoms with Crippen LogP contribution in [0.3, 0.4) is 0 Å². The van der Waals surface area contributed by atoms with Crippen molar-refractivity contribution in [1.29, 1.82) is 0 Å². The quantitative estimate of drug-likeness (QED) is 0.697. The summed E-state index contributed by atoms with van der Waals surface area (Å²) in [5, 5.41) is 12.4. The van der Waals surface area contributed by atoms with Crippen molar-refractivity contribution < 1.29 is 14.7 Å². The van der Waals surface area contributed by atoms with Gasteiger partial charge in [-0.05, 0) is 44.1 Å². The van der Waals surface area contributed by atoms with E-state index in [9.17, 15) is 9.59 Å². The Hall–Kier alpha value is -1.30. The summed E-state index contributed by atoms with van der Waals surface area (Å²) in [7, 11) is 0. The number of urea groups is 1. The van der Waals surface area contributed by atoms with Gasteiger partial charge in [0.1, 0.15) is 0 Å². The molecule has 22 heavy (non-hydrogen) atoms. The summed E-state index contributed by atoms with van der Waals surface area (Å²) in [5.74, 6) is 0.194. The first-order chi connectivity index (χ1) is 10.5. The Morgan fingerprint density at radius 3 is 2.50 bits per heavy atom. The molecule has 1 aliphatic carbocycles. The van der Waals surface area contributed by atoms with Crippen molar-refractivity contribution in [2.45, 2.75) is 57.4 Å². The van der Waals surface area contributed by atoms with E-state index in [0.717, 1.165) is 18.9 Å². The number of nitrogens with one attached hydrogen (secondary N) is 1. The van der Waals surface area contributed by atoms with Gasteiger partial charge in [-0.3, -0.25) is 4.79 Å². The van der Waals surface area contributed by atoms with Gasteiger partial charge >= 0.3 is 12.0 Å². The Bertz CT molecular complexity index is 383. The Morgan fingerprint density at radius 1 is 1.14 bits per heavy atom. The molecule has 126 valence electrons. The van der Waals surface area contributed by atoms with Gasteiger partial charge in [-0.15, -0.1) is 0 Å². The molecule has 2 amide bonds. The standard InChI is InChI=1S/C16H29N3O3/c17-16(22)19-10-13(6-7-15(20)21)8-14(11-19)18-9-12-4-2-1-3-5-12/h12-14,18H,1-11H2,(H2,17,22)(H,20,21). The van der Waals surface area contributed by atoms with Crippen molar-refractivity contribution >= 4 is 12.0 Å². The zero-order chi connectivity index (χ0) is 15.9. The lowest BCUT2D eigenvalue weighted by molar-refractivity contribution is -0.137. The molecule has 2 aliphatic rings. The minimum Gasteiger partial charge on any atom is -0.481 e. The Labute approximate surface area is 132 Å². The molecule has 1 heterocycles. The lowest BCUT2D eigenvalue weighted by Crippen LogP contribution is -2.53. The summed E-state index contributed by atoms with van der Waals surface area (Å²) in [6.07, 6.45) is 8.30. The molecule has 0 aromatic rings. The fraction of sp³-hybridized carbons (Fsp3) is 0.875. The minimum atomic E-state index is -0.775. The predicted molar refractivity (Wildman–Crippen MR) is 84.5 cm³/mol. The first-order valence-corrected chi connectivity index (χ1v) is 8.54. The van der Waals surface area contributed by atoms with Gasteiger partial charge in [0, 0.05) is 25.6 Å². The molecule has 1 aliphatic heterocycles. The van der Waals surface area contributed by atoms with Crippen molar-refractivity contribution in [3.05, 3.63) is 0 Å². The van der Waals surface area contributed by atoms with E-state index in [1.54, 1.807) is 4.90 Å². The van der Waals surface area contributed by atoms with Crippen LogP contribution in [0, 0.1) is 11.8 Å². The van der Waals surface area contributed by atoms with Crippen LogP contribution in [0.15, 0.2) is 0 Å². The Balaban J connectivity index is 1.82. The summed E-state index contributed by atoms with van der Waals surface area (Å²) in [6.45, 7) is 2.23. The summed E-state index contributed by atoms with van der Waals surface area (Å²) >= 11 is 0. The fourth-order valence-electron chi connectivity index (χ4n) is 3.79. The second-order valence-electron chi connectivity index (χ2n) is 6.89. The molecule has 2 atom stereocenters. The van der Waals surface area contributed by atoms with E-state index in [0.29, 0.717) is 19.5 Å². The van der Waals surface area contributed by atoms with Crippen LogP contribution in [-0.2, 0) is 4.79 Å². The molecule has 0 bridgehead atoms. The minimum absolute atomic E-state index is 0.159. The maximum atomic E-state index is 11.5. The number of hydrogen-bond acceptors (Lipinski definition) is 3. The number of likely N-dealkylation sites (tertiary alicyclic amines) is 1. The summed E-state index contributed by atoms with van der Waals surface area (Å²) in [4.78, 5) is 23.9. The molecule has 4 N–H and O–H groups in total. The fourth-order valence-corrected chi connectivity index (χ4v) is 3.79. The number of aliphatic carboxylic acids is 1. The number of carbonyl (C=O) groups is 2. The number of nitrogens with zero attached hydrogens (tertiary/aromatic N) is 1. The summed E-state index contributed by atoms with van der Waals surface area (Å²) in [5.41, 5.74) is 5.43. The van der Waals surface area contributed by atoms with Gasteiger partial charge in [0.15, 0.2) is 0 Å².